The van der Waals surface area contributed by atoms with Gasteiger partial charge in [0.1, 0.15) is 11.5 Å². The summed E-state index contributed by atoms with van der Waals surface area (Å²) >= 11 is 0. The standard InChI is InChI=1S/C13H17N3O2/c1-10(2)15-8-11-4-5-12(18-11)9-16-7-3-6-14-13(16)17/h3-7,10,15H,8-9H2,1-2H3. The minimum atomic E-state index is -0.268. The van der Waals surface area contributed by atoms with E-state index >= 15 is 0 Å². The highest BCUT2D eigenvalue weighted by atomic mass is 16.3. The second kappa shape index (κ2) is 5.64. The van der Waals surface area contributed by atoms with Crippen LogP contribution in [-0.2, 0) is 13.1 Å². The van der Waals surface area contributed by atoms with Crippen molar-refractivity contribution in [3.05, 3.63) is 52.6 Å². The van der Waals surface area contributed by atoms with Crippen LogP contribution >= 0.6 is 0 Å². The second-order valence-electron chi connectivity index (χ2n) is 4.43. The fourth-order valence-corrected chi connectivity index (χ4v) is 1.58. The Morgan fingerprint density at radius 2 is 2.17 bits per heavy atom. The summed E-state index contributed by atoms with van der Waals surface area (Å²) in [6.07, 6.45) is 3.18. The van der Waals surface area contributed by atoms with Crippen LogP contribution in [-0.4, -0.2) is 15.6 Å². The van der Waals surface area contributed by atoms with E-state index in [0.29, 0.717) is 19.1 Å². The Bertz CT molecular complexity index is 557. The number of nitrogens with zero attached hydrogens (tertiary/aromatic N) is 2. The summed E-state index contributed by atoms with van der Waals surface area (Å²) in [4.78, 5) is 15.1. The maximum Gasteiger partial charge on any atom is 0.347 e. The lowest BCUT2D eigenvalue weighted by atomic mass is 10.3. The van der Waals surface area contributed by atoms with Crippen LogP contribution in [0.5, 0.6) is 0 Å². The van der Waals surface area contributed by atoms with E-state index in [1.165, 1.54) is 10.8 Å². The van der Waals surface area contributed by atoms with Crippen molar-refractivity contribution >= 4 is 0 Å². The zero-order valence-corrected chi connectivity index (χ0v) is 10.6. The van der Waals surface area contributed by atoms with E-state index in [0.717, 1.165) is 11.5 Å². The highest BCUT2D eigenvalue weighted by molar-refractivity contribution is 5.07. The number of hydrogen-bond acceptors (Lipinski definition) is 4. The summed E-state index contributed by atoms with van der Waals surface area (Å²) in [5.41, 5.74) is -0.268. The van der Waals surface area contributed by atoms with Crippen LogP contribution in [0.1, 0.15) is 25.4 Å². The molecule has 2 rings (SSSR count). The van der Waals surface area contributed by atoms with E-state index in [9.17, 15) is 4.79 Å². The average molecular weight is 247 g/mol. The third-order valence-corrected chi connectivity index (χ3v) is 2.51. The molecule has 0 aliphatic carbocycles. The zero-order chi connectivity index (χ0) is 13.0. The first-order valence-electron chi connectivity index (χ1n) is 5.97. The van der Waals surface area contributed by atoms with Crippen molar-refractivity contribution in [1.82, 2.24) is 14.9 Å². The van der Waals surface area contributed by atoms with Crippen molar-refractivity contribution in [3.8, 4) is 0 Å². The fourth-order valence-electron chi connectivity index (χ4n) is 1.58. The van der Waals surface area contributed by atoms with Gasteiger partial charge in [-0.2, -0.15) is 0 Å². The highest BCUT2D eigenvalue weighted by Gasteiger charge is 2.04. The fraction of sp³-hybridized carbons (Fsp3) is 0.385. The van der Waals surface area contributed by atoms with Gasteiger partial charge in [-0.15, -0.1) is 0 Å². The molecule has 2 heterocycles. The zero-order valence-electron chi connectivity index (χ0n) is 10.6. The molecule has 0 aromatic carbocycles. The minimum Gasteiger partial charge on any atom is -0.463 e. The molecule has 0 unspecified atom stereocenters. The predicted octanol–water partition coefficient (Wildman–Crippen LogP) is 1.38. The van der Waals surface area contributed by atoms with Crippen molar-refractivity contribution in [2.75, 3.05) is 0 Å². The van der Waals surface area contributed by atoms with Gasteiger partial charge in [0, 0.05) is 18.4 Å². The first-order chi connectivity index (χ1) is 8.65. The van der Waals surface area contributed by atoms with Crippen molar-refractivity contribution < 1.29 is 4.42 Å². The van der Waals surface area contributed by atoms with Crippen LogP contribution in [0, 0.1) is 0 Å². The molecule has 18 heavy (non-hydrogen) atoms. The van der Waals surface area contributed by atoms with Crippen LogP contribution in [0.15, 0.2) is 39.8 Å². The number of furan rings is 1. The summed E-state index contributed by atoms with van der Waals surface area (Å²) in [6, 6.07) is 5.95. The molecular weight excluding hydrogens is 230 g/mol. The van der Waals surface area contributed by atoms with Crippen LogP contribution < -0.4 is 11.0 Å². The van der Waals surface area contributed by atoms with Crippen LogP contribution in [0.2, 0.25) is 0 Å². The molecule has 0 saturated carbocycles. The van der Waals surface area contributed by atoms with Gasteiger partial charge < -0.3 is 9.73 Å². The third kappa shape index (κ3) is 3.30. The molecule has 1 N–H and O–H groups in total. The van der Waals surface area contributed by atoms with Gasteiger partial charge in [-0.05, 0) is 18.2 Å². The number of aromatic nitrogens is 2. The van der Waals surface area contributed by atoms with Gasteiger partial charge in [-0.1, -0.05) is 13.8 Å². The lowest BCUT2D eigenvalue weighted by Gasteiger charge is -2.05. The molecule has 5 nitrogen and oxygen atoms in total. The van der Waals surface area contributed by atoms with E-state index in [1.807, 2.05) is 12.1 Å². The van der Waals surface area contributed by atoms with Crippen molar-refractivity contribution in [3.63, 3.8) is 0 Å². The molecule has 0 atom stereocenters. The Hall–Kier alpha value is -1.88. The third-order valence-electron chi connectivity index (χ3n) is 2.51. The first kappa shape index (κ1) is 12.6. The normalized spacial score (nSPS) is 11.1. The van der Waals surface area contributed by atoms with Crippen LogP contribution in [0.25, 0.3) is 0 Å². The van der Waals surface area contributed by atoms with Crippen molar-refractivity contribution in [1.29, 1.82) is 0 Å². The maximum absolute atomic E-state index is 11.4. The van der Waals surface area contributed by atoms with Crippen LogP contribution in [0.3, 0.4) is 0 Å². The summed E-state index contributed by atoms with van der Waals surface area (Å²) in [6.45, 7) is 5.27. The van der Waals surface area contributed by atoms with E-state index in [2.05, 4.69) is 24.1 Å². The lowest BCUT2D eigenvalue weighted by molar-refractivity contribution is 0.425. The van der Waals surface area contributed by atoms with Gasteiger partial charge in [-0.3, -0.25) is 4.57 Å². The molecule has 0 aliphatic rings. The van der Waals surface area contributed by atoms with Gasteiger partial charge in [0.15, 0.2) is 0 Å². The molecule has 5 heteroatoms. The molecule has 2 aromatic rings. The average Bonchev–Trinajstić information content (AvgIpc) is 2.77. The quantitative estimate of drug-likeness (QED) is 0.867. The van der Waals surface area contributed by atoms with Crippen molar-refractivity contribution in [2.45, 2.75) is 33.0 Å². The first-order valence-corrected chi connectivity index (χ1v) is 5.97. The Morgan fingerprint density at radius 1 is 1.39 bits per heavy atom. The Morgan fingerprint density at radius 3 is 2.89 bits per heavy atom. The van der Waals surface area contributed by atoms with Gasteiger partial charge in [0.25, 0.3) is 0 Å². The molecule has 0 aliphatic heterocycles. The Kier molecular flexibility index (Phi) is 3.94. The monoisotopic (exact) mass is 247 g/mol. The van der Waals surface area contributed by atoms with Gasteiger partial charge in [-0.25, -0.2) is 9.78 Å². The van der Waals surface area contributed by atoms with Gasteiger partial charge >= 0.3 is 5.69 Å². The molecule has 0 bridgehead atoms. The van der Waals surface area contributed by atoms with E-state index < -0.39 is 0 Å². The summed E-state index contributed by atoms with van der Waals surface area (Å²) in [7, 11) is 0. The molecule has 0 saturated heterocycles. The smallest absolute Gasteiger partial charge is 0.347 e. The van der Waals surface area contributed by atoms with Crippen LogP contribution in [0.4, 0.5) is 0 Å². The highest BCUT2D eigenvalue weighted by Crippen LogP contribution is 2.08. The summed E-state index contributed by atoms with van der Waals surface area (Å²) in [5, 5.41) is 3.28. The molecule has 0 amide bonds. The topological polar surface area (TPSA) is 60.1 Å². The molecule has 0 fully saturated rings. The summed E-state index contributed by atoms with van der Waals surface area (Å²) < 4.78 is 7.16. The van der Waals surface area contributed by atoms with Gasteiger partial charge in [0.05, 0.1) is 13.1 Å². The Labute approximate surface area is 105 Å². The van der Waals surface area contributed by atoms with Gasteiger partial charge in [0.2, 0.25) is 0 Å². The molecule has 96 valence electrons. The van der Waals surface area contributed by atoms with Crippen molar-refractivity contribution in [2.24, 2.45) is 0 Å². The molecule has 2 aromatic heterocycles. The number of nitrogens with one attached hydrogen (secondary N) is 1. The molecule has 0 radical (unpaired) electrons. The summed E-state index contributed by atoms with van der Waals surface area (Å²) in [5.74, 6) is 1.63. The van der Waals surface area contributed by atoms with E-state index in [1.54, 1.807) is 12.3 Å². The molecule has 0 spiro atoms. The lowest BCUT2D eigenvalue weighted by Crippen LogP contribution is -2.22. The number of rotatable bonds is 5. The largest absolute Gasteiger partial charge is 0.463 e. The number of hydrogen-bond donors (Lipinski definition) is 1. The minimum absolute atomic E-state index is 0.268. The maximum atomic E-state index is 11.4. The SMILES string of the molecule is CC(C)NCc1ccc(Cn2cccnc2=O)o1. The van der Waals surface area contributed by atoms with E-state index in [4.69, 9.17) is 4.42 Å². The predicted molar refractivity (Wildman–Crippen MR) is 68.3 cm³/mol. The molecular formula is C13H17N3O2. The second-order valence-corrected chi connectivity index (χ2v) is 4.43. The van der Waals surface area contributed by atoms with E-state index in [-0.39, 0.29) is 5.69 Å². The Balaban J connectivity index is 2.03.